The van der Waals surface area contributed by atoms with Crippen LogP contribution in [0.2, 0.25) is 10.0 Å². The molecule has 0 aliphatic rings. The number of rotatable bonds is 8. The van der Waals surface area contributed by atoms with Crippen molar-refractivity contribution in [2.45, 2.75) is 24.8 Å². The summed E-state index contributed by atoms with van der Waals surface area (Å²) in [5.74, 6) is -0.193. The van der Waals surface area contributed by atoms with Crippen molar-refractivity contribution in [1.82, 2.24) is 10.0 Å². The molecule has 0 aromatic heterocycles. The Morgan fingerprint density at radius 3 is 2.59 bits per heavy atom. The summed E-state index contributed by atoms with van der Waals surface area (Å²) in [7, 11) is -2.40. The second-order valence-electron chi connectivity index (χ2n) is 6.35. The number of hydrogen-bond acceptors (Lipinski definition) is 5. The standard InChI is InChI=1S/C19H22Cl2N2O5S/c1-11-7-13(8-17(12(11)2)29(26,27)22-3)19(25)23-9-14(24)10-28-16-6-4-5-15(20)18(16)21/h4-8,14,22,24H,9-10H2,1-3H3,(H,23,25). The summed E-state index contributed by atoms with van der Waals surface area (Å²) in [5, 5.41) is 13.2. The Kier molecular flexibility index (Phi) is 7.90. The number of amides is 1. The molecular weight excluding hydrogens is 439 g/mol. The van der Waals surface area contributed by atoms with Gasteiger partial charge in [-0.1, -0.05) is 29.3 Å². The molecule has 2 rings (SSSR count). The van der Waals surface area contributed by atoms with Crippen molar-refractivity contribution < 1.29 is 23.1 Å². The van der Waals surface area contributed by atoms with Crippen molar-refractivity contribution in [2.75, 3.05) is 20.2 Å². The van der Waals surface area contributed by atoms with Gasteiger partial charge in [0.05, 0.1) is 9.92 Å². The maximum absolute atomic E-state index is 12.4. The molecule has 0 radical (unpaired) electrons. The Labute approximate surface area is 180 Å². The van der Waals surface area contributed by atoms with Crippen LogP contribution >= 0.6 is 23.2 Å². The summed E-state index contributed by atoms with van der Waals surface area (Å²) >= 11 is 11.9. The van der Waals surface area contributed by atoms with Crippen LogP contribution in [0.4, 0.5) is 0 Å². The number of carbonyl (C=O) groups is 1. The third-order valence-corrected chi connectivity index (χ3v) is 6.63. The van der Waals surface area contributed by atoms with Crippen molar-refractivity contribution in [2.24, 2.45) is 0 Å². The van der Waals surface area contributed by atoms with Crippen LogP contribution in [0.25, 0.3) is 0 Å². The summed E-state index contributed by atoms with van der Waals surface area (Å²) in [6.45, 7) is 3.17. The zero-order valence-electron chi connectivity index (χ0n) is 16.1. The summed E-state index contributed by atoms with van der Waals surface area (Å²) in [5.41, 5.74) is 1.39. The third kappa shape index (κ3) is 5.83. The zero-order chi connectivity index (χ0) is 21.8. The van der Waals surface area contributed by atoms with Crippen molar-refractivity contribution in [3.05, 3.63) is 57.1 Å². The van der Waals surface area contributed by atoms with Crippen molar-refractivity contribution >= 4 is 39.1 Å². The maximum atomic E-state index is 12.4. The molecule has 7 nitrogen and oxygen atoms in total. The highest BCUT2D eigenvalue weighted by Gasteiger charge is 2.20. The van der Waals surface area contributed by atoms with E-state index in [1.807, 2.05) is 0 Å². The first-order valence-corrected chi connectivity index (χ1v) is 10.9. The van der Waals surface area contributed by atoms with Crippen molar-refractivity contribution in [3.8, 4) is 5.75 Å². The molecule has 3 N–H and O–H groups in total. The molecule has 0 aliphatic carbocycles. The van der Waals surface area contributed by atoms with E-state index in [1.165, 1.54) is 13.1 Å². The Morgan fingerprint density at radius 2 is 1.93 bits per heavy atom. The first-order chi connectivity index (χ1) is 13.6. The predicted octanol–water partition coefficient (Wildman–Crippen LogP) is 2.69. The number of carbonyl (C=O) groups excluding carboxylic acids is 1. The topological polar surface area (TPSA) is 105 Å². The molecule has 10 heteroatoms. The lowest BCUT2D eigenvalue weighted by Crippen LogP contribution is -2.35. The minimum Gasteiger partial charge on any atom is -0.489 e. The second-order valence-corrected chi connectivity index (χ2v) is 8.99. The smallest absolute Gasteiger partial charge is 0.251 e. The molecule has 158 valence electrons. The summed E-state index contributed by atoms with van der Waals surface area (Å²) < 4.78 is 32.0. The summed E-state index contributed by atoms with van der Waals surface area (Å²) in [4.78, 5) is 12.5. The lowest BCUT2D eigenvalue weighted by atomic mass is 10.1. The van der Waals surface area contributed by atoms with E-state index < -0.39 is 22.0 Å². The number of benzene rings is 2. The fourth-order valence-electron chi connectivity index (χ4n) is 2.50. The number of aliphatic hydroxyl groups is 1. The van der Waals surface area contributed by atoms with Gasteiger partial charge < -0.3 is 15.2 Å². The van der Waals surface area contributed by atoms with E-state index in [-0.39, 0.29) is 28.6 Å². The van der Waals surface area contributed by atoms with Gasteiger partial charge in [-0.2, -0.15) is 0 Å². The number of hydrogen-bond donors (Lipinski definition) is 3. The van der Waals surface area contributed by atoms with E-state index in [4.69, 9.17) is 27.9 Å². The van der Waals surface area contributed by atoms with E-state index in [2.05, 4.69) is 10.0 Å². The van der Waals surface area contributed by atoms with Crippen molar-refractivity contribution in [1.29, 1.82) is 0 Å². The highest BCUT2D eigenvalue weighted by Crippen LogP contribution is 2.31. The van der Waals surface area contributed by atoms with Crippen LogP contribution < -0.4 is 14.8 Å². The summed E-state index contributed by atoms with van der Waals surface area (Å²) in [6, 6.07) is 7.78. The van der Waals surface area contributed by atoms with Gasteiger partial charge in [-0.25, -0.2) is 13.1 Å². The highest BCUT2D eigenvalue weighted by molar-refractivity contribution is 7.89. The molecule has 1 unspecified atom stereocenters. The third-order valence-electron chi connectivity index (χ3n) is 4.29. The zero-order valence-corrected chi connectivity index (χ0v) is 18.5. The van der Waals surface area contributed by atoms with Gasteiger partial charge in [-0.15, -0.1) is 0 Å². The maximum Gasteiger partial charge on any atom is 0.251 e. The highest BCUT2D eigenvalue weighted by atomic mass is 35.5. The van der Waals surface area contributed by atoms with Gasteiger partial charge in [0.25, 0.3) is 5.91 Å². The predicted molar refractivity (Wildman–Crippen MR) is 112 cm³/mol. The van der Waals surface area contributed by atoms with Crippen LogP contribution in [0, 0.1) is 13.8 Å². The minimum atomic E-state index is -3.71. The Balaban J connectivity index is 2.02. The van der Waals surface area contributed by atoms with E-state index in [0.717, 1.165) is 0 Å². The molecule has 0 spiro atoms. The largest absolute Gasteiger partial charge is 0.489 e. The number of halogens is 2. The van der Waals surface area contributed by atoms with Gasteiger partial charge in [0, 0.05) is 12.1 Å². The van der Waals surface area contributed by atoms with Crippen LogP contribution in [-0.2, 0) is 10.0 Å². The fourth-order valence-corrected chi connectivity index (χ4v) is 3.91. The minimum absolute atomic E-state index is 0.0321. The van der Waals surface area contributed by atoms with Crippen LogP contribution in [0.1, 0.15) is 21.5 Å². The van der Waals surface area contributed by atoms with E-state index in [0.29, 0.717) is 21.9 Å². The number of ether oxygens (including phenoxy) is 1. The molecule has 0 heterocycles. The van der Waals surface area contributed by atoms with E-state index >= 15 is 0 Å². The molecule has 2 aromatic carbocycles. The molecule has 0 fully saturated rings. The average Bonchev–Trinajstić information content (AvgIpc) is 2.68. The van der Waals surface area contributed by atoms with Crippen LogP contribution in [0.15, 0.2) is 35.2 Å². The molecule has 0 aliphatic heterocycles. The Morgan fingerprint density at radius 1 is 1.24 bits per heavy atom. The Hall–Kier alpha value is -1.84. The molecule has 0 saturated heterocycles. The molecule has 1 amide bonds. The van der Waals surface area contributed by atoms with E-state index in [9.17, 15) is 18.3 Å². The fraction of sp³-hybridized carbons (Fsp3) is 0.316. The van der Waals surface area contributed by atoms with Crippen LogP contribution in [0.3, 0.4) is 0 Å². The normalized spacial score (nSPS) is 12.5. The Bertz CT molecular complexity index is 1010. The molecule has 2 aromatic rings. The molecule has 1 atom stereocenters. The lowest BCUT2D eigenvalue weighted by Gasteiger charge is -2.15. The second kappa shape index (κ2) is 9.77. The SMILES string of the molecule is CNS(=O)(=O)c1cc(C(=O)NCC(O)COc2cccc(Cl)c2Cl)cc(C)c1C. The summed E-state index contributed by atoms with van der Waals surface area (Å²) in [6.07, 6.45) is -1.01. The van der Waals surface area contributed by atoms with Gasteiger partial charge in [-0.05, 0) is 56.3 Å². The number of aliphatic hydroxyl groups excluding tert-OH is 1. The van der Waals surface area contributed by atoms with Gasteiger partial charge >= 0.3 is 0 Å². The van der Waals surface area contributed by atoms with Gasteiger partial charge in [0.1, 0.15) is 23.5 Å². The van der Waals surface area contributed by atoms with E-state index in [1.54, 1.807) is 38.1 Å². The van der Waals surface area contributed by atoms with Crippen molar-refractivity contribution in [3.63, 3.8) is 0 Å². The van der Waals surface area contributed by atoms with Crippen LogP contribution in [-0.4, -0.2) is 45.7 Å². The van der Waals surface area contributed by atoms with Gasteiger partial charge in [0.15, 0.2) is 0 Å². The van der Waals surface area contributed by atoms with Gasteiger partial charge in [0.2, 0.25) is 10.0 Å². The van der Waals surface area contributed by atoms with Crippen LogP contribution in [0.5, 0.6) is 5.75 Å². The number of aryl methyl sites for hydroxylation is 1. The quantitative estimate of drug-likeness (QED) is 0.561. The number of sulfonamides is 1. The first-order valence-electron chi connectivity index (χ1n) is 8.64. The average molecular weight is 461 g/mol. The molecule has 0 bridgehead atoms. The van der Waals surface area contributed by atoms with Gasteiger partial charge in [-0.3, -0.25) is 4.79 Å². The lowest BCUT2D eigenvalue weighted by molar-refractivity contribution is 0.0843. The number of nitrogens with one attached hydrogen (secondary N) is 2. The monoisotopic (exact) mass is 460 g/mol. The molecule has 0 saturated carbocycles. The molecular formula is C19H22Cl2N2O5S. The first kappa shape index (κ1) is 23.4. The molecule has 29 heavy (non-hydrogen) atoms.